The summed E-state index contributed by atoms with van der Waals surface area (Å²) in [6.45, 7) is 10.8. The predicted molar refractivity (Wildman–Crippen MR) is 99.3 cm³/mol. The summed E-state index contributed by atoms with van der Waals surface area (Å²) in [7, 11) is 0. The lowest BCUT2D eigenvalue weighted by Crippen LogP contribution is -2.51. The van der Waals surface area contributed by atoms with Crippen LogP contribution >= 0.6 is 0 Å². The van der Waals surface area contributed by atoms with Crippen molar-refractivity contribution in [2.45, 2.75) is 46.2 Å². The average Bonchev–Trinajstić information content (AvgIpc) is 2.59. The van der Waals surface area contributed by atoms with Crippen molar-refractivity contribution in [3.8, 4) is 0 Å². The Morgan fingerprint density at radius 3 is 2.42 bits per heavy atom. The Balaban J connectivity index is 1.58. The van der Waals surface area contributed by atoms with Gasteiger partial charge in [0.15, 0.2) is 0 Å². The summed E-state index contributed by atoms with van der Waals surface area (Å²) in [6, 6.07) is 9.38. The van der Waals surface area contributed by atoms with Gasteiger partial charge < -0.3 is 4.90 Å². The Hall–Kier alpha value is -1.94. The van der Waals surface area contributed by atoms with E-state index in [4.69, 9.17) is 0 Å². The topological polar surface area (TPSA) is 32.3 Å². The molecule has 0 amide bonds. The second kappa shape index (κ2) is 7.75. The van der Waals surface area contributed by atoms with Crippen LogP contribution in [0, 0.1) is 6.92 Å². The molecule has 1 fully saturated rings. The van der Waals surface area contributed by atoms with Crippen LogP contribution in [0.3, 0.4) is 0 Å². The zero-order valence-corrected chi connectivity index (χ0v) is 15.1. The van der Waals surface area contributed by atoms with Gasteiger partial charge in [-0.05, 0) is 32.4 Å². The molecule has 0 saturated carbocycles. The molecular formula is C20H28N4. The van der Waals surface area contributed by atoms with Crippen molar-refractivity contribution >= 4 is 5.69 Å². The van der Waals surface area contributed by atoms with Crippen LogP contribution in [-0.4, -0.2) is 40.5 Å². The van der Waals surface area contributed by atoms with E-state index in [0.717, 1.165) is 44.8 Å². The first-order valence-corrected chi connectivity index (χ1v) is 9.01. The standard InChI is InChI=1S/C20H28N4/c1-4-5-20-21-12-18(13-22-20)15-23-10-11-24(14-17(23)3)19-8-6-16(2)7-9-19/h6-9,12-13,17H,4-5,10-11,14-15H2,1-3H3/t17-/m0/s1. The van der Waals surface area contributed by atoms with E-state index >= 15 is 0 Å². The Morgan fingerprint density at radius 1 is 1.08 bits per heavy atom. The van der Waals surface area contributed by atoms with Crippen molar-refractivity contribution in [3.63, 3.8) is 0 Å². The summed E-state index contributed by atoms with van der Waals surface area (Å²) < 4.78 is 0. The fraction of sp³-hybridized carbons (Fsp3) is 0.500. The molecule has 0 aliphatic carbocycles. The Morgan fingerprint density at radius 2 is 1.79 bits per heavy atom. The summed E-state index contributed by atoms with van der Waals surface area (Å²) >= 11 is 0. The van der Waals surface area contributed by atoms with E-state index in [-0.39, 0.29) is 0 Å². The van der Waals surface area contributed by atoms with Gasteiger partial charge in [0.2, 0.25) is 0 Å². The summed E-state index contributed by atoms with van der Waals surface area (Å²) in [5, 5.41) is 0. The van der Waals surface area contributed by atoms with Crippen LogP contribution in [0.5, 0.6) is 0 Å². The first-order chi connectivity index (χ1) is 11.7. The van der Waals surface area contributed by atoms with Gasteiger partial charge in [-0.25, -0.2) is 9.97 Å². The smallest absolute Gasteiger partial charge is 0.128 e. The quantitative estimate of drug-likeness (QED) is 0.843. The van der Waals surface area contributed by atoms with Gasteiger partial charge in [0.25, 0.3) is 0 Å². The normalized spacial score (nSPS) is 18.8. The minimum Gasteiger partial charge on any atom is -0.369 e. The third-order valence-electron chi connectivity index (χ3n) is 4.78. The lowest BCUT2D eigenvalue weighted by Gasteiger charge is -2.41. The van der Waals surface area contributed by atoms with Gasteiger partial charge in [0, 0.05) is 62.3 Å². The number of hydrogen-bond acceptors (Lipinski definition) is 4. The van der Waals surface area contributed by atoms with E-state index in [1.165, 1.54) is 16.8 Å². The SMILES string of the molecule is CCCc1ncc(CN2CCN(c3ccc(C)cc3)C[C@@H]2C)cn1. The number of nitrogens with zero attached hydrogens (tertiary/aromatic N) is 4. The molecule has 0 unspecified atom stereocenters. The van der Waals surface area contributed by atoms with Crippen LogP contribution in [0.1, 0.15) is 37.2 Å². The Bertz CT molecular complexity index is 636. The molecule has 1 saturated heterocycles. The number of aryl methyl sites for hydroxylation is 2. The monoisotopic (exact) mass is 324 g/mol. The van der Waals surface area contributed by atoms with E-state index in [9.17, 15) is 0 Å². The summed E-state index contributed by atoms with van der Waals surface area (Å²) in [5.74, 6) is 0.957. The highest BCUT2D eigenvalue weighted by Crippen LogP contribution is 2.20. The zero-order chi connectivity index (χ0) is 16.9. The lowest BCUT2D eigenvalue weighted by atomic mass is 10.1. The second-order valence-electron chi connectivity index (χ2n) is 6.86. The van der Waals surface area contributed by atoms with Gasteiger partial charge in [0.1, 0.15) is 5.82 Å². The van der Waals surface area contributed by atoms with Gasteiger partial charge in [0.05, 0.1) is 0 Å². The number of aromatic nitrogens is 2. The number of rotatable bonds is 5. The van der Waals surface area contributed by atoms with Crippen molar-refractivity contribution in [1.82, 2.24) is 14.9 Å². The maximum absolute atomic E-state index is 4.48. The largest absolute Gasteiger partial charge is 0.369 e. The highest BCUT2D eigenvalue weighted by atomic mass is 15.3. The second-order valence-corrected chi connectivity index (χ2v) is 6.86. The Labute approximate surface area is 145 Å². The Kier molecular flexibility index (Phi) is 5.46. The molecule has 24 heavy (non-hydrogen) atoms. The molecule has 1 atom stereocenters. The van der Waals surface area contributed by atoms with E-state index in [0.29, 0.717) is 6.04 Å². The van der Waals surface area contributed by atoms with Crippen LogP contribution in [0.2, 0.25) is 0 Å². The third kappa shape index (κ3) is 4.12. The first kappa shape index (κ1) is 16.9. The first-order valence-electron chi connectivity index (χ1n) is 9.01. The fourth-order valence-corrected chi connectivity index (χ4v) is 3.27. The molecule has 2 aromatic rings. The molecule has 1 aromatic heterocycles. The van der Waals surface area contributed by atoms with E-state index in [1.54, 1.807) is 0 Å². The molecule has 2 heterocycles. The lowest BCUT2D eigenvalue weighted by molar-refractivity contribution is 0.180. The highest BCUT2D eigenvalue weighted by molar-refractivity contribution is 5.48. The maximum atomic E-state index is 4.48. The van der Waals surface area contributed by atoms with Gasteiger partial charge >= 0.3 is 0 Å². The minimum atomic E-state index is 0.523. The van der Waals surface area contributed by atoms with Crippen LogP contribution in [0.25, 0.3) is 0 Å². The third-order valence-corrected chi connectivity index (χ3v) is 4.78. The molecule has 3 rings (SSSR count). The maximum Gasteiger partial charge on any atom is 0.128 e. The van der Waals surface area contributed by atoms with Gasteiger partial charge in [-0.3, -0.25) is 4.90 Å². The van der Waals surface area contributed by atoms with Crippen molar-refractivity contribution < 1.29 is 0 Å². The summed E-state index contributed by atoms with van der Waals surface area (Å²) in [6.07, 6.45) is 6.05. The number of anilines is 1. The molecular weight excluding hydrogens is 296 g/mol. The summed E-state index contributed by atoms with van der Waals surface area (Å²) in [5.41, 5.74) is 3.86. The van der Waals surface area contributed by atoms with Crippen molar-refractivity contribution in [3.05, 3.63) is 53.6 Å². The molecule has 0 N–H and O–H groups in total. The molecule has 0 radical (unpaired) electrons. The molecule has 1 aromatic carbocycles. The average molecular weight is 324 g/mol. The van der Waals surface area contributed by atoms with Crippen molar-refractivity contribution in [2.24, 2.45) is 0 Å². The van der Waals surface area contributed by atoms with E-state index in [2.05, 4.69) is 64.8 Å². The van der Waals surface area contributed by atoms with Crippen LogP contribution in [0.4, 0.5) is 5.69 Å². The van der Waals surface area contributed by atoms with Gasteiger partial charge in [-0.2, -0.15) is 0 Å². The molecule has 4 nitrogen and oxygen atoms in total. The number of benzene rings is 1. The summed E-state index contributed by atoms with van der Waals surface area (Å²) in [4.78, 5) is 14.0. The highest BCUT2D eigenvalue weighted by Gasteiger charge is 2.24. The van der Waals surface area contributed by atoms with Crippen molar-refractivity contribution in [1.29, 1.82) is 0 Å². The molecule has 4 heteroatoms. The molecule has 1 aliphatic heterocycles. The minimum absolute atomic E-state index is 0.523. The van der Waals surface area contributed by atoms with Crippen LogP contribution in [-0.2, 0) is 13.0 Å². The van der Waals surface area contributed by atoms with Crippen molar-refractivity contribution in [2.75, 3.05) is 24.5 Å². The van der Waals surface area contributed by atoms with Crippen LogP contribution < -0.4 is 4.90 Å². The number of hydrogen-bond donors (Lipinski definition) is 0. The van der Waals surface area contributed by atoms with E-state index < -0.39 is 0 Å². The molecule has 0 spiro atoms. The zero-order valence-electron chi connectivity index (χ0n) is 15.1. The van der Waals surface area contributed by atoms with Crippen LogP contribution in [0.15, 0.2) is 36.7 Å². The molecule has 0 bridgehead atoms. The van der Waals surface area contributed by atoms with Gasteiger partial charge in [-0.15, -0.1) is 0 Å². The van der Waals surface area contributed by atoms with Gasteiger partial charge in [-0.1, -0.05) is 24.6 Å². The van der Waals surface area contributed by atoms with E-state index in [1.807, 2.05) is 12.4 Å². The fourth-order valence-electron chi connectivity index (χ4n) is 3.27. The number of piperazine rings is 1. The molecule has 1 aliphatic rings. The predicted octanol–water partition coefficient (Wildman–Crippen LogP) is 3.45. The molecule has 128 valence electrons.